The molecule has 0 aliphatic heterocycles. The Morgan fingerprint density at radius 3 is 2.95 bits per heavy atom. The molecule has 0 bridgehead atoms. The van der Waals surface area contributed by atoms with Crippen molar-refractivity contribution in [2.45, 2.75) is 44.1 Å². The van der Waals surface area contributed by atoms with E-state index in [2.05, 4.69) is 18.5 Å². The fourth-order valence-electron chi connectivity index (χ4n) is 3.32. The Bertz CT molecular complexity index is 619. The molecule has 2 atom stereocenters. The zero-order chi connectivity index (χ0) is 13.6. The maximum Gasteiger partial charge on any atom is 0.117 e. The Balaban J connectivity index is 2.16. The third kappa shape index (κ3) is 1.96. The van der Waals surface area contributed by atoms with Gasteiger partial charge in [-0.1, -0.05) is 31.4 Å². The molecular weight excluding hydrogens is 258 g/mol. The van der Waals surface area contributed by atoms with Crippen LogP contribution in [-0.2, 0) is 12.5 Å². The summed E-state index contributed by atoms with van der Waals surface area (Å²) in [6, 6.07) is 6.06. The van der Waals surface area contributed by atoms with Crippen LogP contribution in [0.1, 0.15) is 38.4 Å². The average molecular weight is 278 g/mol. The molecule has 2 N–H and O–H groups in total. The van der Waals surface area contributed by atoms with Crippen molar-refractivity contribution in [3.63, 3.8) is 0 Å². The molecule has 2 aromatic rings. The number of hydrogen-bond donors (Lipinski definition) is 1. The van der Waals surface area contributed by atoms with Crippen LogP contribution in [0.5, 0.6) is 0 Å². The van der Waals surface area contributed by atoms with Crippen molar-refractivity contribution in [2.75, 3.05) is 0 Å². The van der Waals surface area contributed by atoms with Crippen LogP contribution < -0.4 is 5.73 Å². The molecule has 4 heteroatoms. The largest absolute Gasteiger partial charge is 0.331 e. The highest BCUT2D eigenvalue weighted by Gasteiger charge is 2.39. The van der Waals surface area contributed by atoms with E-state index in [0.29, 0.717) is 0 Å². The quantitative estimate of drug-likeness (QED) is 0.868. The second kappa shape index (κ2) is 4.50. The molecule has 0 saturated heterocycles. The second-order valence-electron chi connectivity index (χ2n) is 5.90. The highest BCUT2D eigenvalue weighted by molar-refractivity contribution is 6.31. The Morgan fingerprint density at radius 1 is 1.42 bits per heavy atom. The molecule has 1 aliphatic rings. The van der Waals surface area contributed by atoms with Gasteiger partial charge in [0.25, 0.3) is 0 Å². The smallest absolute Gasteiger partial charge is 0.117 e. The first-order chi connectivity index (χ1) is 9.02. The summed E-state index contributed by atoms with van der Waals surface area (Å²) in [7, 11) is 2.07. The van der Waals surface area contributed by atoms with Gasteiger partial charge >= 0.3 is 0 Å². The van der Waals surface area contributed by atoms with E-state index in [1.165, 1.54) is 12.8 Å². The number of imidazole rings is 1. The van der Waals surface area contributed by atoms with Crippen LogP contribution >= 0.6 is 11.6 Å². The van der Waals surface area contributed by atoms with Gasteiger partial charge in [-0.15, -0.1) is 0 Å². The lowest BCUT2D eigenvalue weighted by molar-refractivity contribution is 0.254. The predicted octanol–water partition coefficient (Wildman–Crippen LogP) is 3.39. The van der Waals surface area contributed by atoms with Gasteiger partial charge in [-0.2, -0.15) is 0 Å². The van der Waals surface area contributed by atoms with Gasteiger partial charge in [0.2, 0.25) is 0 Å². The van der Waals surface area contributed by atoms with Crippen molar-refractivity contribution >= 4 is 22.6 Å². The molecule has 1 saturated carbocycles. The van der Waals surface area contributed by atoms with Gasteiger partial charge in [0.15, 0.2) is 0 Å². The third-order valence-corrected chi connectivity index (χ3v) is 4.87. The minimum absolute atomic E-state index is 0.0293. The normalized spacial score (nSPS) is 27.9. The molecule has 1 aromatic carbocycles. The van der Waals surface area contributed by atoms with Gasteiger partial charge in [0.1, 0.15) is 5.82 Å². The Morgan fingerprint density at radius 2 is 2.21 bits per heavy atom. The van der Waals surface area contributed by atoms with E-state index in [1.807, 2.05) is 18.2 Å². The Labute approximate surface area is 118 Å². The number of aryl methyl sites for hydroxylation is 1. The maximum atomic E-state index is 6.39. The van der Waals surface area contributed by atoms with Crippen LogP contribution in [0.4, 0.5) is 0 Å². The van der Waals surface area contributed by atoms with E-state index in [-0.39, 0.29) is 11.5 Å². The van der Waals surface area contributed by atoms with Crippen molar-refractivity contribution in [1.82, 2.24) is 9.55 Å². The number of hydrogen-bond acceptors (Lipinski definition) is 2. The van der Waals surface area contributed by atoms with Gasteiger partial charge in [0.05, 0.1) is 11.0 Å². The van der Waals surface area contributed by atoms with Gasteiger partial charge in [-0.05, 0) is 31.0 Å². The summed E-state index contributed by atoms with van der Waals surface area (Å²) in [6.45, 7) is 2.25. The summed E-state index contributed by atoms with van der Waals surface area (Å²) < 4.78 is 2.18. The topological polar surface area (TPSA) is 43.8 Å². The van der Waals surface area contributed by atoms with Gasteiger partial charge in [0, 0.05) is 23.5 Å². The third-order valence-electron chi connectivity index (χ3n) is 4.63. The summed E-state index contributed by atoms with van der Waals surface area (Å²) in [5, 5.41) is 0.732. The lowest BCUT2D eigenvalue weighted by Gasteiger charge is -2.38. The summed E-state index contributed by atoms with van der Waals surface area (Å²) in [5.41, 5.74) is 8.44. The number of nitrogens with two attached hydrogens (primary N) is 1. The number of aromatic nitrogens is 2. The van der Waals surface area contributed by atoms with Crippen molar-refractivity contribution < 1.29 is 0 Å². The van der Waals surface area contributed by atoms with E-state index in [0.717, 1.165) is 34.7 Å². The molecule has 0 radical (unpaired) electrons. The fourth-order valence-corrected chi connectivity index (χ4v) is 3.49. The maximum absolute atomic E-state index is 6.39. The van der Waals surface area contributed by atoms with E-state index in [9.17, 15) is 0 Å². The monoisotopic (exact) mass is 277 g/mol. The highest BCUT2D eigenvalue weighted by atomic mass is 35.5. The number of rotatable bonds is 1. The highest BCUT2D eigenvalue weighted by Crippen LogP contribution is 2.38. The minimum Gasteiger partial charge on any atom is -0.331 e. The van der Waals surface area contributed by atoms with Crippen LogP contribution in [-0.4, -0.2) is 15.6 Å². The summed E-state index contributed by atoms with van der Waals surface area (Å²) in [6.07, 6.45) is 4.65. The average Bonchev–Trinajstić information content (AvgIpc) is 2.70. The molecule has 1 aromatic heterocycles. The summed E-state index contributed by atoms with van der Waals surface area (Å²) in [5.74, 6) is 1.09. The van der Waals surface area contributed by atoms with Crippen LogP contribution in [0.15, 0.2) is 18.2 Å². The molecule has 0 spiro atoms. The summed E-state index contributed by atoms with van der Waals surface area (Å²) in [4.78, 5) is 4.82. The van der Waals surface area contributed by atoms with E-state index in [4.69, 9.17) is 22.3 Å². The first kappa shape index (κ1) is 12.9. The number of nitrogens with zero attached hydrogens (tertiary/aromatic N) is 2. The lowest BCUT2D eigenvalue weighted by atomic mass is 9.71. The Hall–Kier alpha value is -1.06. The second-order valence-corrected chi connectivity index (χ2v) is 6.33. The molecule has 3 rings (SSSR count). The molecule has 1 heterocycles. The first-order valence-corrected chi connectivity index (χ1v) is 7.28. The van der Waals surface area contributed by atoms with E-state index in [1.54, 1.807) is 0 Å². The molecule has 2 unspecified atom stereocenters. The van der Waals surface area contributed by atoms with E-state index < -0.39 is 0 Å². The lowest BCUT2D eigenvalue weighted by Crippen LogP contribution is -2.47. The number of benzene rings is 1. The molecule has 1 aliphatic carbocycles. The molecule has 3 nitrogen and oxygen atoms in total. The molecular formula is C15H20ClN3. The zero-order valence-electron chi connectivity index (χ0n) is 11.5. The predicted molar refractivity (Wildman–Crippen MR) is 79.5 cm³/mol. The van der Waals surface area contributed by atoms with Crippen molar-refractivity contribution in [3.8, 4) is 0 Å². The van der Waals surface area contributed by atoms with Crippen LogP contribution in [0.2, 0.25) is 5.02 Å². The minimum atomic E-state index is -0.0293. The molecule has 102 valence electrons. The van der Waals surface area contributed by atoms with Crippen LogP contribution in [0, 0.1) is 0 Å². The zero-order valence-corrected chi connectivity index (χ0v) is 12.2. The van der Waals surface area contributed by atoms with Crippen molar-refractivity contribution in [1.29, 1.82) is 0 Å². The fraction of sp³-hybridized carbons (Fsp3) is 0.533. The van der Waals surface area contributed by atoms with Crippen LogP contribution in [0.3, 0.4) is 0 Å². The summed E-state index contributed by atoms with van der Waals surface area (Å²) >= 11 is 6.06. The van der Waals surface area contributed by atoms with E-state index >= 15 is 0 Å². The standard InChI is InChI=1S/C15H20ClN3/c1-15(8-4-3-5-13(15)17)14-18-11-9-10(16)6-7-12(11)19(14)2/h6-7,9,13H,3-5,8,17H2,1-2H3. The van der Waals surface area contributed by atoms with Crippen LogP contribution in [0.25, 0.3) is 11.0 Å². The van der Waals surface area contributed by atoms with Crippen molar-refractivity contribution in [3.05, 3.63) is 29.0 Å². The van der Waals surface area contributed by atoms with Crippen molar-refractivity contribution in [2.24, 2.45) is 12.8 Å². The number of fused-ring (bicyclic) bond motifs is 1. The SMILES string of the molecule is Cn1c(C2(C)CCCCC2N)nc2cc(Cl)ccc21. The van der Waals surface area contributed by atoms with Gasteiger partial charge in [-0.25, -0.2) is 4.98 Å². The first-order valence-electron chi connectivity index (χ1n) is 6.90. The molecule has 19 heavy (non-hydrogen) atoms. The molecule has 1 fully saturated rings. The van der Waals surface area contributed by atoms with Gasteiger partial charge < -0.3 is 10.3 Å². The Kier molecular flexibility index (Phi) is 3.06. The number of halogens is 1. The molecule has 0 amide bonds. The van der Waals surface area contributed by atoms with Gasteiger partial charge in [-0.3, -0.25) is 0 Å².